The Morgan fingerprint density at radius 3 is 3.07 bits per heavy atom. The van der Waals surface area contributed by atoms with E-state index in [1.165, 1.54) is 13.5 Å². The van der Waals surface area contributed by atoms with Crippen molar-refractivity contribution in [2.75, 3.05) is 33.8 Å². The number of methoxy groups -OCH3 is 1. The van der Waals surface area contributed by atoms with Crippen LogP contribution < -0.4 is 4.74 Å². The van der Waals surface area contributed by atoms with E-state index in [1.54, 1.807) is 6.07 Å². The number of amides is 1. The maximum atomic E-state index is 12.6. The molecule has 1 amide bonds. The number of hydrogen-bond acceptors (Lipinski definition) is 7. The van der Waals surface area contributed by atoms with Crippen LogP contribution in [0.5, 0.6) is 5.88 Å². The molecule has 2 aromatic heterocycles. The molecule has 8 heteroatoms. The number of fused-ring (bicyclic) bond motifs is 1. The third-order valence-electron chi connectivity index (χ3n) is 5.63. The van der Waals surface area contributed by atoms with Gasteiger partial charge in [0.15, 0.2) is 0 Å². The van der Waals surface area contributed by atoms with Crippen LogP contribution in [0.2, 0.25) is 0 Å². The summed E-state index contributed by atoms with van der Waals surface area (Å²) in [6.07, 6.45) is 5.97. The van der Waals surface area contributed by atoms with Gasteiger partial charge in [0.1, 0.15) is 11.6 Å². The Labute approximate surface area is 164 Å². The molecule has 2 aromatic rings. The standard InChI is InChI=1S/C20H27N5O3/c1-24-8-3-4-14(12-24)20-21-11-15-13-25(9-7-17(15)22-20)19(26)6-5-16-10-18(27-2)23-28-16/h10-11,14H,3-9,12-13H2,1-2H3. The Hall–Kier alpha value is -2.48. The molecule has 1 saturated heterocycles. The zero-order valence-corrected chi connectivity index (χ0v) is 16.6. The first-order valence-corrected chi connectivity index (χ1v) is 9.93. The highest BCUT2D eigenvalue weighted by atomic mass is 16.5. The van der Waals surface area contributed by atoms with Gasteiger partial charge in [-0.15, -0.1) is 0 Å². The summed E-state index contributed by atoms with van der Waals surface area (Å²) in [4.78, 5) is 26.3. The van der Waals surface area contributed by atoms with Crippen LogP contribution in [0, 0.1) is 0 Å². The zero-order chi connectivity index (χ0) is 19.5. The van der Waals surface area contributed by atoms with Gasteiger partial charge in [-0.05, 0) is 31.6 Å². The van der Waals surface area contributed by atoms with Gasteiger partial charge in [0, 0.05) is 62.6 Å². The van der Waals surface area contributed by atoms with E-state index in [2.05, 4.69) is 22.1 Å². The zero-order valence-electron chi connectivity index (χ0n) is 16.6. The SMILES string of the molecule is COc1cc(CCC(=O)N2CCc3nc(C4CCCN(C)C4)ncc3C2)on1. The summed E-state index contributed by atoms with van der Waals surface area (Å²) in [7, 11) is 3.70. The summed E-state index contributed by atoms with van der Waals surface area (Å²) in [5.74, 6) is 2.59. The molecule has 0 radical (unpaired) electrons. The highest BCUT2D eigenvalue weighted by Crippen LogP contribution is 2.26. The number of aromatic nitrogens is 3. The Balaban J connectivity index is 1.35. The minimum Gasteiger partial charge on any atom is -0.479 e. The largest absolute Gasteiger partial charge is 0.479 e. The molecule has 1 unspecified atom stereocenters. The monoisotopic (exact) mass is 385 g/mol. The second-order valence-corrected chi connectivity index (χ2v) is 7.70. The summed E-state index contributed by atoms with van der Waals surface area (Å²) < 4.78 is 10.2. The molecule has 4 rings (SSSR count). The number of carbonyl (C=O) groups excluding carboxylic acids is 1. The minimum atomic E-state index is 0.110. The van der Waals surface area contributed by atoms with Crippen LogP contribution in [-0.4, -0.2) is 64.6 Å². The van der Waals surface area contributed by atoms with E-state index in [1.807, 2.05) is 11.1 Å². The van der Waals surface area contributed by atoms with Crippen LogP contribution in [-0.2, 0) is 24.2 Å². The third-order valence-corrected chi connectivity index (χ3v) is 5.63. The molecule has 0 saturated carbocycles. The molecule has 2 aliphatic rings. The van der Waals surface area contributed by atoms with Crippen LogP contribution in [0.1, 0.15) is 48.0 Å². The van der Waals surface area contributed by atoms with Crippen molar-refractivity contribution in [3.63, 3.8) is 0 Å². The van der Waals surface area contributed by atoms with Crippen molar-refractivity contribution in [1.29, 1.82) is 0 Å². The van der Waals surface area contributed by atoms with Gasteiger partial charge < -0.3 is 19.1 Å². The van der Waals surface area contributed by atoms with E-state index in [4.69, 9.17) is 14.2 Å². The van der Waals surface area contributed by atoms with E-state index in [0.717, 1.165) is 43.0 Å². The van der Waals surface area contributed by atoms with Gasteiger partial charge in [-0.25, -0.2) is 9.97 Å². The smallest absolute Gasteiger partial charge is 0.254 e. The second kappa shape index (κ2) is 8.26. The average Bonchev–Trinajstić information content (AvgIpc) is 3.19. The van der Waals surface area contributed by atoms with Crippen LogP contribution in [0.15, 0.2) is 16.8 Å². The topological polar surface area (TPSA) is 84.6 Å². The van der Waals surface area contributed by atoms with E-state index in [-0.39, 0.29) is 5.91 Å². The number of ether oxygens (including phenoxy) is 1. The predicted molar refractivity (Wildman–Crippen MR) is 102 cm³/mol. The average molecular weight is 385 g/mol. The fourth-order valence-corrected chi connectivity index (χ4v) is 4.01. The van der Waals surface area contributed by atoms with Crippen molar-refractivity contribution >= 4 is 5.91 Å². The predicted octanol–water partition coefficient (Wildman–Crippen LogP) is 1.80. The first-order valence-electron chi connectivity index (χ1n) is 9.93. The van der Waals surface area contributed by atoms with E-state index in [9.17, 15) is 4.79 Å². The lowest BCUT2D eigenvalue weighted by atomic mass is 9.97. The molecule has 4 heterocycles. The van der Waals surface area contributed by atoms with E-state index >= 15 is 0 Å². The van der Waals surface area contributed by atoms with Crippen LogP contribution in [0.25, 0.3) is 0 Å². The van der Waals surface area contributed by atoms with Gasteiger partial charge >= 0.3 is 0 Å². The van der Waals surface area contributed by atoms with Crippen LogP contribution >= 0.6 is 0 Å². The first kappa shape index (κ1) is 18.9. The Morgan fingerprint density at radius 1 is 1.39 bits per heavy atom. The van der Waals surface area contributed by atoms with Crippen molar-refractivity contribution in [2.24, 2.45) is 0 Å². The van der Waals surface area contributed by atoms with Crippen LogP contribution in [0.3, 0.4) is 0 Å². The molecule has 2 aliphatic heterocycles. The maximum absolute atomic E-state index is 12.6. The second-order valence-electron chi connectivity index (χ2n) is 7.70. The van der Waals surface area contributed by atoms with E-state index < -0.39 is 0 Å². The Kier molecular flexibility index (Phi) is 5.57. The fraction of sp³-hybridized carbons (Fsp3) is 0.600. The molecule has 150 valence electrons. The van der Waals surface area contributed by atoms with Gasteiger partial charge in [0.05, 0.1) is 12.8 Å². The Morgan fingerprint density at radius 2 is 2.29 bits per heavy atom. The summed E-state index contributed by atoms with van der Waals surface area (Å²) in [5.41, 5.74) is 2.16. The normalized spacial score (nSPS) is 20.1. The summed E-state index contributed by atoms with van der Waals surface area (Å²) in [6.45, 7) is 3.46. The van der Waals surface area contributed by atoms with Crippen LogP contribution in [0.4, 0.5) is 0 Å². The molecule has 0 N–H and O–H groups in total. The lowest BCUT2D eigenvalue weighted by molar-refractivity contribution is -0.132. The maximum Gasteiger partial charge on any atom is 0.254 e. The fourth-order valence-electron chi connectivity index (χ4n) is 4.01. The molecule has 1 fully saturated rings. The van der Waals surface area contributed by atoms with Crippen molar-refractivity contribution in [1.82, 2.24) is 24.9 Å². The minimum absolute atomic E-state index is 0.110. The summed E-state index contributed by atoms with van der Waals surface area (Å²) in [5, 5.41) is 3.76. The number of nitrogens with zero attached hydrogens (tertiary/aromatic N) is 5. The molecule has 0 bridgehead atoms. The number of likely N-dealkylation sites (tertiary alicyclic amines) is 1. The molecule has 0 aliphatic carbocycles. The number of carbonyl (C=O) groups is 1. The van der Waals surface area contributed by atoms with Crippen molar-refractivity contribution in [2.45, 2.75) is 44.6 Å². The Bertz CT molecular complexity index is 837. The molecule has 1 atom stereocenters. The number of rotatable bonds is 5. The van der Waals surface area contributed by atoms with Gasteiger partial charge in [-0.1, -0.05) is 0 Å². The van der Waals surface area contributed by atoms with E-state index in [0.29, 0.717) is 43.5 Å². The quantitative estimate of drug-likeness (QED) is 0.776. The number of piperidine rings is 1. The molecule has 8 nitrogen and oxygen atoms in total. The van der Waals surface area contributed by atoms with Gasteiger partial charge in [-0.3, -0.25) is 4.79 Å². The molecule has 0 spiro atoms. The van der Waals surface area contributed by atoms with Gasteiger partial charge in [0.2, 0.25) is 5.91 Å². The number of likely N-dealkylation sites (N-methyl/N-ethyl adjacent to an activating group) is 1. The lowest BCUT2D eigenvalue weighted by Gasteiger charge is -2.31. The third kappa shape index (κ3) is 4.16. The first-order chi connectivity index (χ1) is 13.6. The highest BCUT2D eigenvalue weighted by Gasteiger charge is 2.26. The summed E-state index contributed by atoms with van der Waals surface area (Å²) >= 11 is 0. The van der Waals surface area contributed by atoms with Gasteiger partial charge in [-0.2, -0.15) is 0 Å². The molecular formula is C20H27N5O3. The highest BCUT2D eigenvalue weighted by molar-refractivity contribution is 5.76. The van der Waals surface area contributed by atoms with Crippen molar-refractivity contribution in [3.05, 3.63) is 35.1 Å². The van der Waals surface area contributed by atoms with Crippen molar-refractivity contribution < 1.29 is 14.1 Å². The number of hydrogen-bond donors (Lipinski definition) is 0. The molecular weight excluding hydrogens is 358 g/mol. The number of aryl methyl sites for hydroxylation is 1. The summed E-state index contributed by atoms with van der Waals surface area (Å²) in [6, 6.07) is 1.72. The molecule has 28 heavy (non-hydrogen) atoms. The van der Waals surface area contributed by atoms with Gasteiger partial charge in [0.25, 0.3) is 5.88 Å². The molecule has 0 aromatic carbocycles. The lowest BCUT2D eigenvalue weighted by Crippen LogP contribution is -2.37. The van der Waals surface area contributed by atoms with Crippen molar-refractivity contribution in [3.8, 4) is 5.88 Å².